The van der Waals surface area contributed by atoms with Crippen molar-refractivity contribution in [3.8, 4) is 12.1 Å². The molecule has 3 heteroatoms. The van der Waals surface area contributed by atoms with Gasteiger partial charge in [-0.3, -0.25) is 0 Å². The summed E-state index contributed by atoms with van der Waals surface area (Å²) in [5, 5.41) is 18.5. The molecule has 1 aromatic rings. The van der Waals surface area contributed by atoms with Crippen molar-refractivity contribution >= 4 is 5.69 Å². The maximum atomic E-state index is 7.59. The fourth-order valence-electron chi connectivity index (χ4n) is 1.00. The number of rotatable bonds is 4. The van der Waals surface area contributed by atoms with E-state index in [0.29, 0.717) is 0 Å². The molecule has 0 bridgehead atoms. The second-order valence-corrected chi connectivity index (χ2v) is 3.14. The standard InChI is InChI=1S/C10H15N.C3H2N2/c1-2-3-9-11-10-7-5-4-6-8-10;4-2-1-3-5/h4-8,11H,2-3,9H2,1H3;1H2. The first-order valence-corrected chi connectivity index (χ1v) is 5.38. The van der Waals surface area contributed by atoms with Gasteiger partial charge >= 0.3 is 0 Å². The van der Waals surface area contributed by atoms with Gasteiger partial charge in [0.15, 0.2) is 0 Å². The van der Waals surface area contributed by atoms with E-state index < -0.39 is 0 Å². The predicted molar refractivity (Wildman–Crippen MR) is 65.7 cm³/mol. The molecular weight excluding hydrogens is 198 g/mol. The van der Waals surface area contributed by atoms with Gasteiger partial charge in [0.1, 0.15) is 6.42 Å². The fraction of sp³-hybridized carbons (Fsp3) is 0.385. The average molecular weight is 215 g/mol. The fourth-order valence-corrected chi connectivity index (χ4v) is 1.00. The summed E-state index contributed by atoms with van der Waals surface area (Å²) in [5.74, 6) is 0. The highest BCUT2D eigenvalue weighted by atomic mass is 14.9. The Morgan fingerprint density at radius 1 is 1.12 bits per heavy atom. The van der Waals surface area contributed by atoms with Gasteiger partial charge in [-0.25, -0.2) is 0 Å². The Hall–Kier alpha value is -2.00. The first kappa shape index (κ1) is 14.0. The van der Waals surface area contributed by atoms with Crippen molar-refractivity contribution in [2.45, 2.75) is 26.2 Å². The molecule has 0 unspecified atom stereocenters. The van der Waals surface area contributed by atoms with Crippen LogP contribution in [0.1, 0.15) is 26.2 Å². The second kappa shape index (κ2) is 11.1. The molecule has 84 valence electrons. The average Bonchev–Trinajstić information content (AvgIpc) is 2.33. The van der Waals surface area contributed by atoms with Crippen molar-refractivity contribution in [1.29, 1.82) is 10.5 Å². The molecule has 0 spiro atoms. The summed E-state index contributed by atoms with van der Waals surface area (Å²) in [4.78, 5) is 0. The van der Waals surface area contributed by atoms with Crippen molar-refractivity contribution in [1.82, 2.24) is 0 Å². The maximum absolute atomic E-state index is 7.59. The minimum Gasteiger partial charge on any atom is -0.385 e. The Kier molecular flexibility index (Phi) is 9.69. The van der Waals surface area contributed by atoms with Crippen molar-refractivity contribution in [2.75, 3.05) is 11.9 Å². The van der Waals surface area contributed by atoms with E-state index >= 15 is 0 Å². The summed E-state index contributed by atoms with van der Waals surface area (Å²) in [6.07, 6.45) is 2.49. The Balaban J connectivity index is 0.000000385. The molecule has 1 N–H and O–H groups in total. The third-order valence-electron chi connectivity index (χ3n) is 1.79. The lowest BCUT2D eigenvalue weighted by molar-refractivity contribution is 0.834. The van der Waals surface area contributed by atoms with E-state index in [2.05, 4.69) is 24.4 Å². The summed E-state index contributed by atoms with van der Waals surface area (Å²) in [6.45, 7) is 3.28. The second-order valence-electron chi connectivity index (χ2n) is 3.14. The summed E-state index contributed by atoms with van der Waals surface area (Å²) in [7, 11) is 0. The summed E-state index contributed by atoms with van der Waals surface area (Å²) in [5.41, 5.74) is 1.22. The van der Waals surface area contributed by atoms with Crippen molar-refractivity contribution in [3.05, 3.63) is 30.3 Å². The minimum absolute atomic E-state index is 0. The van der Waals surface area contributed by atoms with Crippen LogP contribution < -0.4 is 5.32 Å². The number of unbranched alkanes of at least 4 members (excludes halogenated alkanes) is 1. The van der Waals surface area contributed by atoms with E-state index in [0.717, 1.165) is 6.54 Å². The molecule has 0 saturated carbocycles. The van der Waals surface area contributed by atoms with Gasteiger partial charge in [-0.15, -0.1) is 0 Å². The highest BCUT2D eigenvalue weighted by molar-refractivity contribution is 5.42. The molecule has 1 aromatic carbocycles. The van der Waals surface area contributed by atoms with Gasteiger partial charge in [0.05, 0.1) is 12.1 Å². The Morgan fingerprint density at radius 2 is 1.75 bits per heavy atom. The Morgan fingerprint density at radius 3 is 2.19 bits per heavy atom. The third-order valence-corrected chi connectivity index (χ3v) is 1.79. The number of nitriles is 2. The van der Waals surface area contributed by atoms with E-state index in [4.69, 9.17) is 10.5 Å². The van der Waals surface area contributed by atoms with Crippen LogP contribution in [0.3, 0.4) is 0 Å². The zero-order valence-electron chi connectivity index (χ0n) is 9.61. The van der Waals surface area contributed by atoms with Crippen LogP contribution in [-0.2, 0) is 0 Å². The number of para-hydroxylation sites is 1. The largest absolute Gasteiger partial charge is 0.385 e. The molecule has 0 saturated heterocycles. The molecular formula is C13H17N3. The minimum atomic E-state index is 0. The van der Waals surface area contributed by atoms with Crippen LogP contribution in [-0.4, -0.2) is 6.54 Å². The Labute approximate surface area is 97.3 Å². The summed E-state index contributed by atoms with van der Waals surface area (Å²) < 4.78 is 0. The lowest BCUT2D eigenvalue weighted by atomic mass is 10.3. The summed E-state index contributed by atoms with van der Waals surface area (Å²) in [6, 6.07) is 13.6. The first-order valence-electron chi connectivity index (χ1n) is 5.38. The smallest absolute Gasteiger partial charge is 0.122 e. The molecule has 0 aromatic heterocycles. The van der Waals surface area contributed by atoms with Crippen LogP contribution in [0.2, 0.25) is 0 Å². The zero-order chi connectivity index (χ0) is 12.1. The first-order chi connectivity index (χ1) is 7.85. The highest BCUT2D eigenvalue weighted by Gasteiger charge is 1.86. The molecule has 0 aliphatic heterocycles. The maximum Gasteiger partial charge on any atom is 0.122 e. The molecule has 0 atom stereocenters. The van der Waals surface area contributed by atoms with Gasteiger partial charge in [0, 0.05) is 12.2 Å². The number of hydrogen-bond donors (Lipinski definition) is 1. The molecule has 0 aliphatic rings. The van der Waals surface area contributed by atoms with E-state index in [1.807, 2.05) is 18.2 Å². The molecule has 3 nitrogen and oxygen atoms in total. The van der Waals surface area contributed by atoms with Gasteiger partial charge in [-0.2, -0.15) is 10.5 Å². The van der Waals surface area contributed by atoms with Gasteiger partial charge in [-0.05, 0) is 18.6 Å². The van der Waals surface area contributed by atoms with Crippen molar-refractivity contribution < 1.29 is 0 Å². The molecule has 0 aliphatic carbocycles. The molecule has 0 heterocycles. The van der Waals surface area contributed by atoms with E-state index in [9.17, 15) is 0 Å². The lowest BCUT2D eigenvalue weighted by Gasteiger charge is -2.03. The summed E-state index contributed by atoms with van der Waals surface area (Å²) >= 11 is 0. The van der Waals surface area contributed by atoms with Gasteiger partial charge in [-0.1, -0.05) is 31.5 Å². The molecule has 0 fully saturated rings. The number of nitrogens with zero attached hydrogens (tertiary/aromatic N) is 2. The monoisotopic (exact) mass is 215 g/mol. The van der Waals surface area contributed by atoms with E-state index in [1.165, 1.54) is 18.5 Å². The van der Waals surface area contributed by atoms with Crippen molar-refractivity contribution in [3.63, 3.8) is 0 Å². The molecule has 1 rings (SSSR count). The molecule has 16 heavy (non-hydrogen) atoms. The van der Waals surface area contributed by atoms with Gasteiger partial charge < -0.3 is 5.32 Å². The molecule has 0 radical (unpaired) electrons. The van der Waals surface area contributed by atoms with Gasteiger partial charge in [0.25, 0.3) is 0 Å². The third kappa shape index (κ3) is 8.59. The zero-order valence-corrected chi connectivity index (χ0v) is 9.61. The van der Waals surface area contributed by atoms with Crippen molar-refractivity contribution in [2.24, 2.45) is 0 Å². The van der Waals surface area contributed by atoms with E-state index in [1.54, 1.807) is 12.1 Å². The number of anilines is 1. The van der Waals surface area contributed by atoms with Gasteiger partial charge in [0.2, 0.25) is 0 Å². The number of benzene rings is 1. The van der Waals surface area contributed by atoms with Crippen LogP contribution in [0.5, 0.6) is 0 Å². The van der Waals surface area contributed by atoms with Crippen LogP contribution >= 0.6 is 0 Å². The lowest BCUT2D eigenvalue weighted by Crippen LogP contribution is -1.99. The normalized spacial score (nSPS) is 7.94. The number of hydrogen-bond acceptors (Lipinski definition) is 3. The quantitative estimate of drug-likeness (QED) is 0.784. The number of nitrogens with one attached hydrogen (secondary N) is 1. The molecule has 0 amide bonds. The highest BCUT2D eigenvalue weighted by Crippen LogP contribution is 2.04. The Bertz CT molecular complexity index is 320. The van der Waals surface area contributed by atoms with E-state index in [-0.39, 0.29) is 6.42 Å². The van der Waals surface area contributed by atoms with Crippen LogP contribution in [0.15, 0.2) is 30.3 Å². The topological polar surface area (TPSA) is 59.6 Å². The van der Waals surface area contributed by atoms with Crippen LogP contribution in [0.4, 0.5) is 5.69 Å². The van der Waals surface area contributed by atoms with Crippen LogP contribution in [0.25, 0.3) is 0 Å². The predicted octanol–water partition coefficient (Wildman–Crippen LogP) is 3.32. The SMILES string of the molecule is CCCCNc1ccccc1.N#CCC#N. The van der Waals surface area contributed by atoms with Crippen LogP contribution in [0, 0.1) is 22.7 Å².